The Balaban J connectivity index is 2.02. The fraction of sp³-hybridized carbons (Fsp3) is 0.333. The quantitative estimate of drug-likeness (QED) is 0.862. The molecule has 1 aliphatic rings. The number of para-hydroxylation sites is 1. The number of aryl methyl sites for hydroxylation is 2. The van der Waals surface area contributed by atoms with E-state index in [1.165, 1.54) is 0 Å². The molecule has 0 spiro atoms. The first-order valence-electron chi connectivity index (χ1n) is 9.01. The summed E-state index contributed by atoms with van der Waals surface area (Å²) >= 11 is 0. The van der Waals surface area contributed by atoms with E-state index in [0.29, 0.717) is 12.1 Å². The molecule has 2 amide bonds. The van der Waals surface area contributed by atoms with Crippen molar-refractivity contribution in [2.45, 2.75) is 46.1 Å². The van der Waals surface area contributed by atoms with Crippen LogP contribution < -0.4 is 10.2 Å². The van der Waals surface area contributed by atoms with Crippen molar-refractivity contribution in [3.8, 4) is 0 Å². The van der Waals surface area contributed by atoms with Gasteiger partial charge in [0.05, 0.1) is 17.5 Å². The van der Waals surface area contributed by atoms with Crippen LogP contribution in [0.25, 0.3) is 0 Å². The molecule has 0 bridgehead atoms. The van der Waals surface area contributed by atoms with Gasteiger partial charge in [0, 0.05) is 12.1 Å². The van der Waals surface area contributed by atoms with Gasteiger partial charge in [0.1, 0.15) is 0 Å². The molecule has 1 aliphatic heterocycles. The number of rotatable bonds is 3. The molecule has 5 heteroatoms. The summed E-state index contributed by atoms with van der Waals surface area (Å²) in [6, 6.07) is 13.7. The zero-order valence-electron chi connectivity index (χ0n) is 15.4. The third kappa shape index (κ3) is 3.72. The maximum atomic E-state index is 12.7. The van der Waals surface area contributed by atoms with E-state index in [0.717, 1.165) is 35.3 Å². The Labute approximate surface area is 154 Å². The number of hydrogen-bond donors (Lipinski definition) is 1. The number of nitrogens with one attached hydrogen (secondary N) is 1. The number of anilines is 3. The average Bonchev–Trinajstić information content (AvgIpc) is 2.77. The Morgan fingerprint density at radius 1 is 1.08 bits per heavy atom. The van der Waals surface area contributed by atoms with Crippen LogP contribution in [-0.2, 0) is 22.4 Å². The van der Waals surface area contributed by atoms with Gasteiger partial charge in [-0.15, -0.1) is 0 Å². The normalized spacial score (nSPS) is 12.8. The summed E-state index contributed by atoms with van der Waals surface area (Å²) in [5, 5.41) is 2.75. The van der Waals surface area contributed by atoms with Crippen LogP contribution in [0.5, 0.6) is 0 Å². The molecule has 0 atom stereocenters. The van der Waals surface area contributed by atoms with Gasteiger partial charge in [-0.1, -0.05) is 31.2 Å². The Kier molecular flexibility index (Phi) is 5.26. The van der Waals surface area contributed by atoms with E-state index in [9.17, 15) is 9.59 Å². The van der Waals surface area contributed by atoms with Crippen LogP contribution in [0.1, 0.15) is 38.3 Å². The molecule has 1 heterocycles. The molecular weight excluding hydrogens is 328 g/mol. The molecule has 0 saturated heterocycles. The second-order valence-corrected chi connectivity index (χ2v) is 6.63. The fourth-order valence-electron chi connectivity index (χ4n) is 3.19. The zero-order chi connectivity index (χ0) is 18.7. The van der Waals surface area contributed by atoms with E-state index in [-0.39, 0.29) is 12.0 Å². The highest BCUT2D eigenvalue weighted by molar-refractivity contribution is 6.03. The topological polar surface area (TPSA) is 58.6 Å². The molecule has 0 aromatic heterocycles. The Bertz CT molecular complexity index is 830. The van der Waals surface area contributed by atoms with Crippen LogP contribution in [0.2, 0.25) is 0 Å². The van der Waals surface area contributed by atoms with E-state index in [1.54, 1.807) is 18.7 Å². The summed E-state index contributed by atoms with van der Waals surface area (Å²) in [6.45, 7) is 5.46. The lowest BCUT2D eigenvalue weighted by Crippen LogP contribution is -2.26. The van der Waals surface area contributed by atoms with Gasteiger partial charge in [-0.25, -0.2) is 4.79 Å². The van der Waals surface area contributed by atoms with Crippen molar-refractivity contribution < 1.29 is 14.3 Å². The van der Waals surface area contributed by atoms with Crippen molar-refractivity contribution in [1.82, 2.24) is 0 Å². The van der Waals surface area contributed by atoms with Gasteiger partial charge in [0.15, 0.2) is 0 Å². The second kappa shape index (κ2) is 7.60. The first-order valence-corrected chi connectivity index (χ1v) is 9.01. The van der Waals surface area contributed by atoms with Gasteiger partial charge in [-0.05, 0) is 56.0 Å². The van der Waals surface area contributed by atoms with Crippen molar-refractivity contribution in [1.29, 1.82) is 0 Å². The molecule has 0 radical (unpaired) electrons. The number of amides is 2. The predicted octanol–water partition coefficient (Wildman–Crippen LogP) is 4.82. The third-order valence-corrected chi connectivity index (χ3v) is 4.36. The minimum absolute atomic E-state index is 0.0301. The van der Waals surface area contributed by atoms with E-state index >= 15 is 0 Å². The monoisotopic (exact) mass is 352 g/mol. The van der Waals surface area contributed by atoms with Crippen molar-refractivity contribution >= 4 is 29.1 Å². The summed E-state index contributed by atoms with van der Waals surface area (Å²) in [6.07, 6.45) is 1.43. The lowest BCUT2D eigenvalue weighted by atomic mass is 10.0. The number of ether oxygens (including phenoxy) is 1. The summed E-state index contributed by atoms with van der Waals surface area (Å²) < 4.78 is 5.14. The number of benzene rings is 2. The van der Waals surface area contributed by atoms with E-state index in [1.807, 2.05) is 43.3 Å². The zero-order valence-corrected chi connectivity index (χ0v) is 15.4. The lowest BCUT2D eigenvalue weighted by molar-refractivity contribution is -0.117. The lowest BCUT2D eigenvalue weighted by Gasteiger charge is -2.25. The Morgan fingerprint density at radius 3 is 2.46 bits per heavy atom. The van der Waals surface area contributed by atoms with Crippen LogP contribution in [0.15, 0.2) is 42.5 Å². The minimum atomic E-state index is -0.498. The van der Waals surface area contributed by atoms with Crippen molar-refractivity contribution in [2.75, 3.05) is 10.2 Å². The fourth-order valence-corrected chi connectivity index (χ4v) is 3.19. The van der Waals surface area contributed by atoms with Gasteiger partial charge in [0.25, 0.3) is 0 Å². The second-order valence-electron chi connectivity index (χ2n) is 6.63. The van der Waals surface area contributed by atoms with Crippen LogP contribution in [0.4, 0.5) is 21.9 Å². The van der Waals surface area contributed by atoms with Crippen LogP contribution in [-0.4, -0.2) is 18.1 Å². The van der Waals surface area contributed by atoms with Crippen LogP contribution >= 0.6 is 0 Å². The van der Waals surface area contributed by atoms with Gasteiger partial charge >= 0.3 is 6.09 Å². The Hall–Kier alpha value is -2.82. The summed E-state index contributed by atoms with van der Waals surface area (Å²) in [5.41, 5.74) is 4.59. The molecular formula is C21H24N2O3. The number of carbonyl (C=O) groups excluding carboxylic acids is 2. The molecule has 2 aromatic rings. The molecule has 0 fully saturated rings. The van der Waals surface area contributed by atoms with E-state index < -0.39 is 6.09 Å². The van der Waals surface area contributed by atoms with Gasteiger partial charge in [0.2, 0.25) is 5.91 Å². The van der Waals surface area contributed by atoms with Crippen LogP contribution in [0, 0.1) is 0 Å². The van der Waals surface area contributed by atoms with Crippen molar-refractivity contribution in [3.63, 3.8) is 0 Å². The predicted molar refractivity (Wildman–Crippen MR) is 103 cm³/mol. The SMILES string of the molecule is CCC(=O)N1c2ccccc2CCc2ccc(NC(=O)OC(C)C)cc21. The standard InChI is InChI=1S/C21H24N2O3/c1-4-20(24)23-18-8-6-5-7-15(18)9-10-16-11-12-17(13-19(16)23)22-21(25)26-14(2)3/h5-8,11-14H,4,9-10H2,1-3H3,(H,22,25). The molecule has 3 rings (SSSR count). The van der Waals surface area contributed by atoms with Gasteiger partial charge in [-0.2, -0.15) is 0 Å². The summed E-state index contributed by atoms with van der Waals surface area (Å²) in [5.74, 6) is 0.0301. The first-order chi connectivity index (χ1) is 12.5. The maximum absolute atomic E-state index is 12.7. The average molecular weight is 352 g/mol. The third-order valence-electron chi connectivity index (χ3n) is 4.36. The largest absolute Gasteiger partial charge is 0.447 e. The molecule has 136 valence electrons. The highest BCUT2D eigenvalue weighted by Gasteiger charge is 2.25. The smallest absolute Gasteiger partial charge is 0.411 e. The highest BCUT2D eigenvalue weighted by Crippen LogP contribution is 2.38. The molecule has 1 N–H and O–H groups in total. The summed E-state index contributed by atoms with van der Waals surface area (Å²) in [4.78, 5) is 26.4. The molecule has 0 unspecified atom stereocenters. The van der Waals surface area contributed by atoms with E-state index in [2.05, 4.69) is 11.4 Å². The number of carbonyl (C=O) groups is 2. The van der Waals surface area contributed by atoms with Crippen molar-refractivity contribution in [2.24, 2.45) is 0 Å². The van der Waals surface area contributed by atoms with Gasteiger partial charge < -0.3 is 4.74 Å². The van der Waals surface area contributed by atoms with Gasteiger partial charge in [-0.3, -0.25) is 15.0 Å². The Morgan fingerprint density at radius 2 is 1.77 bits per heavy atom. The number of fused-ring (bicyclic) bond motifs is 2. The van der Waals surface area contributed by atoms with E-state index in [4.69, 9.17) is 4.74 Å². The van der Waals surface area contributed by atoms with Crippen molar-refractivity contribution in [3.05, 3.63) is 53.6 Å². The minimum Gasteiger partial charge on any atom is -0.447 e. The molecule has 0 saturated carbocycles. The first kappa shape index (κ1) is 18.0. The number of nitrogens with zero attached hydrogens (tertiary/aromatic N) is 1. The summed E-state index contributed by atoms with van der Waals surface area (Å²) in [7, 11) is 0. The highest BCUT2D eigenvalue weighted by atomic mass is 16.6. The maximum Gasteiger partial charge on any atom is 0.411 e. The molecule has 0 aliphatic carbocycles. The molecule has 26 heavy (non-hydrogen) atoms. The van der Waals surface area contributed by atoms with Crippen LogP contribution in [0.3, 0.4) is 0 Å². The number of hydrogen-bond acceptors (Lipinski definition) is 3. The molecule has 2 aromatic carbocycles. The molecule has 5 nitrogen and oxygen atoms in total.